The van der Waals surface area contributed by atoms with Crippen LogP contribution < -0.4 is 20.1 Å². The van der Waals surface area contributed by atoms with Gasteiger partial charge in [-0.25, -0.2) is 4.98 Å². The maximum absolute atomic E-state index is 5.40. The number of aliphatic imine (C=N–C) groups is 1. The first-order chi connectivity index (χ1) is 15.0. The summed E-state index contributed by atoms with van der Waals surface area (Å²) in [5, 5.41) is 8.20. The molecule has 1 aliphatic heterocycles. The minimum atomic E-state index is 0. The minimum absolute atomic E-state index is 0. The highest BCUT2D eigenvalue weighted by Crippen LogP contribution is 2.24. The predicted molar refractivity (Wildman–Crippen MR) is 143 cm³/mol. The highest BCUT2D eigenvalue weighted by molar-refractivity contribution is 14.0. The van der Waals surface area contributed by atoms with Crippen molar-refractivity contribution in [3.8, 4) is 11.5 Å². The normalized spacial score (nSPS) is 16.5. The van der Waals surface area contributed by atoms with Crippen molar-refractivity contribution in [1.29, 1.82) is 0 Å². The molecule has 1 aromatic carbocycles. The number of methoxy groups -OCH3 is 2. The first-order valence-electron chi connectivity index (χ1n) is 10.9. The van der Waals surface area contributed by atoms with Crippen LogP contribution in [0.25, 0.3) is 0 Å². The van der Waals surface area contributed by atoms with Crippen LogP contribution in [0.1, 0.15) is 34.5 Å². The molecule has 32 heavy (non-hydrogen) atoms. The van der Waals surface area contributed by atoms with Crippen LogP contribution in [0.3, 0.4) is 0 Å². The molecule has 2 N–H and O–H groups in total. The Hall–Kier alpha value is -1.59. The van der Waals surface area contributed by atoms with Crippen LogP contribution in [0.5, 0.6) is 11.5 Å². The van der Waals surface area contributed by atoms with Gasteiger partial charge in [-0.1, -0.05) is 6.92 Å². The summed E-state index contributed by atoms with van der Waals surface area (Å²) in [6.45, 7) is 8.04. The second kappa shape index (κ2) is 13.2. The van der Waals surface area contributed by atoms with Crippen molar-refractivity contribution >= 4 is 41.3 Å². The molecular formula is C23H36IN5O2S. The first kappa shape index (κ1) is 26.7. The number of hydrogen-bond donors (Lipinski definition) is 2. The monoisotopic (exact) mass is 573 g/mol. The Balaban J connectivity index is 0.00000363. The van der Waals surface area contributed by atoms with E-state index in [4.69, 9.17) is 14.5 Å². The fraction of sp³-hybridized carbons (Fsp3) is 0.565. The van der Waals surface area contributed by atoms with Crippen molar-refractivity contribution in [3.05, 3.63) is 39.3 Å². The van der Waals surface area contributed by atoms with Crippen molar-refractivity contribution in [2.75, 3.05) is 40.9 Å². The SMILES string of the molecule is CCc1nc(CCNC(=NC)NC2CCN(Cc3cc(OC)cc(OC)c3)C2)sc1C.I. The molecule has 0 spiro atoms. The van der Waals surface area contributed by atoms with Crippen molar-refractivity contribution in [1.82, 2.24) is 20.5 Å². The second-order valence-electron chi connectivity index (χ2n) is 7.80. The summed E-state index contributed by atoms with van der Waals surface area (Å²) in [6, 6.07) is 6.44. The number of ether oxygens (including phenoxy) is 2. The highest BCUT2D eigenvalue weighted by Gasteiger charge is 2.23. The predicted octanol–water partition coefficient (Wildman–Crippen LogP) is 3.63. The fourth-order valence-electron chi connectivity index (χ4n) is 3.91. The number of nitrogens with zero attached hydrogens (tertiary/aromatic N) is 3. The summed E-state index contributed by atoms with van der Waals surface area (Å²) in [5.74, 6) is 2.52. The molecule has 0 bridgehead atoms. The highest BCUT2D eigenvalue weighted by atomic mass is 127. The van der Waals surface area contributed by atoms with Crippen LogP contribution in [-0.2, 0) is 19.4 Å². The molecule has 3 rings (SSSR count). The topological polar surface area (TPSA) is 71.0 Å². The molecule has 0 amide bonds. The summed E-state index contributed by atoms with van der Waals surface area (Å²) in [6.07, 6.45) is 3.01. The lowest BCUT2D eigenvalue weighted by atomic mass is 10.2. The molecule has 1 unspecified atom stereocenters. The van der Waals surface area contributed by atoms with Crippen LogP contribution in [-0.4, -0.2) is 62.8 Å². The molecule has 0 radical (unpaired) electrons. The van der Waals surface area contributed by atoms with Crippen molar-refractivity contribution in [2.45, 2.75) is 45.7 Å². The molecule has 7 nitrogen and oxygen atoms in total. The van der Waals surface area contributed by atoms with E-state index in [2.05, 4.69) is 46.5 Å². The number of thiazole rings is 1. The first-order valence-corrected chi connectivity index (χ1v) is 11.7. The van der Waals surface area contributed by atoms with E-state index in [9.17, 15) is 0 Å². The zero-order valence-electron chi connectivity index (χ0n) is 19.7. The largest absolute Gasteiger partial charge is 0.497 e. The summed E-state index contributed by atoms with van der Waals surface area (Å²) in [7, 11) is 5.20. The van der Waals surface area contributed by atoms with Gasteiger partial charge >= 0.3 is 0 Å². The zero-order valence-corrected chi connectivity index (χ0v) is 22.9. The van der Waals surface area contributed by atoms with Gasteiger partial charge < -0.3 is 20.1 Å². The molecule has 1 atom stereocenters. The lowest BCUT2D eigenvalue weighted by Gasteiger charge is -2.19. The Kier molecular flexibility index (Phi) is 11.0. The molecule has 2 heterocycles. The van der Waals surface area contributed by atoms with Crippen LogP contribution in [0.2, 0.25) is 0 Å². The molecule has 178 valence electrons. The Morgan fingerprint density at radius 3 is 2.56 bits per heavy atom. The van der Waals surface area contributed by atoms with Crippen molar-refractivity contribution < 1.29 is 9.47 Å². The molecular weight excluding hydrogens is 537 g/mol. The number of hydrogen-bond acceptors (Lipinski definition) is 6. The molecule has 0 saturated carbocycles. The van der Waals surface area contributed by atoms with Crippen LogP contribution in [0.4, 0.5) is 0 Å². The van der Waals surface area contributed by atoms with Crippen molar-refractivity contribution in [2.24, 2.45) is 4.99 Å². The number of benzene rings is 1. The molecule has 1 aromatic heterocycles. The fourth-order valence-corrected chi connectivity index (χ4v) is 4.93. The van der Waals surface area contributed by atoms with E-state index < -0.39 is 0 Å². The van der Waals surface area contributed by atoms with Gasteiger partial charge in [0.05, 0.1) is 24.9 Å². The van der Waals surface area contributed by atoms with Crippen LogP contribution >= 0.6 is 35.3 Å². The average molecular weight is 574 g/mol. The minimum Gasteiger partial charge on any atom is -0.497 e. The van der Waals surface area contributed by atoms with E-state index in [1.807, 2.05) is 13.1 Å². The van der Waals surface area contributed by atoms with Crippen LogP contribution in [0, 0.1) is 6.92 Å². The maximum atomic E-state index is 5.40. The summed E-state index contributed by atoms with van der Waals surface area (Å²) in [4.78, 5) is 12.9. The summed E-state index contributed by atoms with van der Waals surface area (Å²) >= 11 is 1.80. The number of likely N-dealkylation sites (tertiary alicyclic amines) is 1. The molecule has 1 aliphatic rings. The number of rotatable bonds is 9. The van der Waals surface area contributed by atoms with E-state index in [1.54, 1.807) is 25.6 Å². The van der Waals surface area contributed by atoms with E-state index >= 15 is 0 Å². The van der Waals surface area contributed by atoms with Gasteiger partial charge in [0, 0.05) is 56.6 Å². The standard InChI is InChI=1S/C23H35N5O2S.HI/c1-6-21-16(2)31-22(27-21)7-9-25-23(24-3)26-18-8-10-28(15-18)14-17-11-19(29-4)13-20(12-17)30-5;/h11-13,18H,6-10,14-15H2,1-5H3,(H2,24,25,26);1H. The van der Waals surface area contributed by atoms with Gasteiger partial charge in [0.1, 0.15) is 11.5 Å². The molecule has 1 fully saturated rings. The third-order valence-corrected chi connectivity index (χ3v) is 6.63. The van der Waals surface area contributed by atoms with Gasteiger partial charge in [0.2, 0.25) is 0 Å². The molecule has 0 aliphatic carbocycles. The smallest absolute Gasteiger partial charge is 0.191 e. The lowest BCUT2D eigenvalue weighted by molar-refractivity contribution is 0.321. The Bertz CT molecular complexity index is 867. The third kappa shape index (κ3) is 7.48. The lowest BCUT2D eigenvalue weighted by Crippen LogP contribution is -2.45. The number of nitrogens with one attached hydrogen (secondary N) is 2. The Labute approximate surface area is 213 Å². The van der Waals surface area contributed by atoms with Gasteiger partial charge in [0.15, 0.2) is 5.96 Å². The second-order valence-corrected chi connectivity index (χ2v) is 9.09. The van der Waals surface area contributed by atoms with Gasteiger partial charge in [-0.05, 0) is 37.5 Å². The average Bonchev–Trinajstić information content (AvgIpc) is 3.37. The van der Waals surface area contributed by atoms with Crippen molar-refractivity contribution in [3.63, 3.8) is 0 Å². The molecule has 2 aromatic rings. The van der Waals surface area contributed by atoms with E-state index in [0.717, 1.165) is 62.9 Å². The molecule has 1 saturated heterocycles. The van der Waals surface area contributed by atoms with Gasteiger partial charge in [0.25, 0.3) is 0 Å². The number of aryl methyl sites for hydroxylation is 2. The maximum Gasteiger partial charge on any atom is 0.191 e. The quantitative estimate of drug-likeness (QED) is 0.271. The van der Waals surface area contributed by atoms with Gasteiger partial charge in [-0.15, -0.1) is 35.3 Å². The van der Waals surface area contributed by atoms with Gasteiger partial charge in [-0.2, -0.15) is 0 Å². The van der Waals surface area contributed by atoms with Crippen LogP contribution in [0.15, 0.2) is 23.2 Å². The molecule has 9 heteroatoms. The van der Waals surface area contributed by atoms with E-state index in [0.29, 0.717) is 6.04 Å². The number of halogens is 1. The number of guanidine groups is 1. The number of aromatic nitrogens is 1. The summed E-state index contributed by atoms with van der Waals surface area (Å²) < 4.78 is 10.8. The Morgan fingerprint density at radius 1 is 1.25 bits per heavy atom. The van der Waals surface area contributed by atoms with E-state index in [-0.39, 0.29) is 24.0 Å². The van der Waals surface area contributed by atoms with Gasteiger partial charge in [-0.3, -0.25) is 9.89 Å². The van der Waals surface area contributed by atoms with E-state index in [1.165, 1.54) is 21.1 Å². The summed E-state index contributed by atoms with van der Waals surface area (Å²) in [5.41, 5.74) is 2.42. The third-order valence-electron chi connectivity index (χ3n) is 5.56. The zero-order chi connectivity index (χ0) is 22.2. The Morgan fingerprint density at radius 2 is 1.97 bits per heavy atom.